The van der Waals surface area contributed by atoms with Crippen LogP contribution in [0.5, 0.6) is 11.5 Å². The van der Waals surface area contributed by atoms with Gasteiger partial charge in [0.15, 0.2) is 0 Å². The van der Waals surface area contributed by atoms with E-state index in [-0.39, 0.29) is 5.41 Å². The summed E-state index contributed by atoms with van der Waals surface area (Å²) in [7, 11) is 3.35. The predicted molar refractivity (Wildman–Crippen MR) is 79.3 cm³/mol. The maximum absolute atomic E-state index is 5.46. The minimum atomic E-state index is 0.000558. The van der Waals surface area contributed by atoms with Crippen molar-refractivity contribution in [3.63, 3.8) is 0 Å². The van der Waals surface area contributed by atoms with E-state index in [1.54, 1.807) is 14.2 Å². The Labute approximate surface area is 115 Å². The molecule has 1 rings (SSSR count). The first kappa shape index (κ1) is 15.2. The van der Waals surface area contributed by atoms with Gasteiger partial charge in [-0.2, -0.15) is 12.6 Å². The summed E-state index contributed by atoms with van der Waals surface area (Å²) in [5.41, 5.74) is 1.18. The second-order valence-corrected chi connectivity index (χ2v) is 5.30. The molecule has 102 valence electrons. The van der Waals surface area contributed by atoms with Crippen molar-refractivity contribution in [1.82, 2.24) is 5.32 Å². The highest BCUT2D eigenvalue weighted by atomic mass is 32.1. The molecule has 0 aliphatic carbocycles. The van der Waals surface area contributed by atoms with Crippen LogP contribution in [0.25, 0.3) is 0 Å². The highest BCUT2D eigenvalue weighted by molar-refractivity contribution is 7.80. The van der Waals surface area contributed by atoms with Gasteiger partial charge in [0.05, 0.1) is 14.2 Å². The molecule has 0 spiro atoms. The van der Waals surface area contributed by atoms with Gasteiger partial charge in [0.25, 0.3) is 0 Å². The first-order valence-corrected chi connectivity index (χ1v) is 6.72. The maximum Gasteiger partial charge on any atom is 0.126 e. The quantitative estimate of drug-likeness (QED) is 0.589. The summed E-state index contributed by atoms with van der Waals surface area (Å²) in [5.74, 6) is 2.53. The number of nitrogens with one attached hydrogen (secondary N) is 1. The molecule has 0 aliphatic heterocycles. The van der Waals surface area contributed by atoms with Crippen LogP contribution >= 0.6 is 12.6 Å². The molecule has 1 N–H and O–H groups in total. The molecule has 1 aromatic rings. The van der Waals surface area contributed by atoms with E-state index >= 15 is 0 Å². The Bertz CT molecular complexity index is 380. The number of ether oxygens (including phenoxy) is 2. The standard InChI is InChI=1S/C14H23NO2S/c1-14(2,10-15-7-8-18)12-6-5-11(16-3)9-13(12)17-4/h5-6,9,15,18H,7-8,10H2,1-4H3. The van der Waals surface area contributed by atoms with Gasteiger partial charge in [0, 0.05) is 35.9 Å². The number of rotatable bonds is 7. The third kappa shape index (κ3) is 3.82. The van der Waals surface area contributed by atoms with Crippen molar-refractivity contribution < 1.29 is 9.47 Å². The van der Waals surface area contributed by atoms with Crippen molar-refractivity contribution in [3.05, 3.63) is 23.8 Å². The fourth-order valence-corrected chi connectivity index (χ4v) is 2.09. The number of thiol groups is 1. The van der Waals surface area contributed by atoms with Crippen LogP contribution in [0.1, 0.15) is 19.4 Å². The summed E-state index contributed by atoms with van der Waals surface area (Å²) >= 11 is 4.20. The highest BCUT2D eigenvalue weighted by Gasteiger charge is 2.24. The zero-order valence-electron chi connectivity index (χ0n) is 11.6. The van der Waals surface area contributed by atoms with Gasteiger partial charge in [0.2, 0.25) is 0 Å². The first-order chi connectivity index (χ1) is 8.55. The zero-order chi connectivity index (χ0) is 13.6. The van der Waals surface area contributed by atoms with Gasteiger partial charge in [-0.15, -0.1) is 0 Å². The topological polar surface area (TPSA) is 30.5 Å². The number of benzene rings is 1. The lowest BCUT2D eigenvalue weighted by molar-refractivity contribution is 0.375. The van der Waals surface area contributed by atoms with Crippen molar-refractivity contribution >= 4 is 12.6 Å². The Morgan fingerprint density at radius 1 is 1.22 bits per heavy atom. The lowest BCUT2D eigenvalue weighted by Crippen LogP contribution is -2.34. The Balaban J connectivity index is 2.92. The molecule has 0 atom stereocenters. The normalized spacial score (nSPS) is 11.4. The molecular formula is C14H23NO2S. The summed E-state index contributed by atoms with van der Waals surface area (Å²) in [6.45, 7) is 6.19. The van der Waals surface area contributed by atoms with Gasteiger partial charge in [-0.3, -0.25) is 0 Å². The van der Waals surface area contributed by atoms with Crippen LogP contribution in [-0.2, 0) is 5.41 Å². The van der Waals surface area contributed by atoms with Crippen molar-refractivity contribution in [2.45, 2.75) is 19.3 Å². The van der Waals surface area contributed by atoms with Crippen molar-refractivity contribution in [2.75, 3.05) is 33.1 Å². The molecule has 0 saturated carbocycles. The molecule has 4 heteroatoms. The van der Waals surface area contributed by atoms with Crippen LogP contribution in [-0.4, -0.2) is 33.1 Å². The molecule has 0 bridgehead atoms. The fourth-order valence-electron chi connectivity index (χ4n) is 1.93. The van der Waals surface area contributed by atoms with Crippen molar-refractivity contribution in [2.24, 2.45) is 0 Å². The van der Waals surface area contributed by atoms with E-state index in [1.807, 2.05) is 12.1 Å². The highest BCUT2D eigenvalue weighted by Crippen LogP contribution is 2.33. The fraction of sp³-hybridized carbons (Fsp3) is 0.571. The number of hydrogen-bond acceptors (Lipinski definition) is 4. The van der Waals surface area contributed by atoms with E-state index in [4.69, 9.17) is 9.47 Å². The van der Waals surface area contributed by atoms with Gasteiger partial charge >= 0.3 is 0 Å². The molecule has 0 aliphatic rings. The zero-order valence-corrected chi connectivity index (χ0v) is 12.5. The smallest absolute Gasteiger partial charge is 0.126 e. The van der Waals surface area contributed by atoms with Crippen molar-refractivity contribution in [1.29, 1.82) is 0 Å². The number of methoxy groups -OCH3 is 2. The van der Waals surface area contributed by atoms with Gasteiger partial charge in [0.1, 0.15) is 11.5 Å². The summed E-state index contributed by atoms with van der Waals surface area (Å²) in [4.78, 5) is 0. The molecule has 0 fully saturated rings. The Morgan fingerprint density at radius 2 is 1.94 bits per heavy atom. The van der Waals surface area contributed by atoms with E-state index in [0.717, 1.165) is 30.3 Å². The van der Waals surface area contributed by atoms with E-state index < -0.39 is 0 Å². The van der Waals surface area contributed by atoms with Crippen LogP contribution in [0, 0.1) is 0 Å². The largest absolute Gasteiger partial charge is 0.497 e. The van der Waals surface area contributed by atoms with E-state index in [2.05, 4.69) is 37.9 Å². The lowest BCUT2D eigenvalue weighted by Gasteiger charge is -2.27. The third-order valence-electron chi connectivity index (χ3n) is 2.99. The van der Waals surface area contributed by atoms with Crippen LogP contribution < -0.4 is 14.8 Å². The number of hydrogen-bond donors (Lipinski definition) is 2. The van der Waals surface area contributed by atoms with Gasteiger partial charge in [-0.1, -0.05) is 19.9 Å². The van der Waals surface area contributed by atoms with E-state index in [9.17, 15) is 0 Å². The maximum atomic E-state index is 5.46. The van der Waals surface area contributed by atoms with Crippen LogP contribution in [0.3, 0.4) is 0 Å². The van der Waals surface area contributed by atoms with Crippen molar-refractivity contribution in [3.8, 4) is 11.5 Å². The summed E-state index contributed by atoms with van der Waals surface area (Å²) in [5, 5.41) is 3.39. The average Bonchev–Trinajstić information content (AvgIpc) is 2.38. The van der Waals surface area contributed by atoms with E-state index in [0.29, 0.717) is 0 Å². The van der Waals surface area contributed by atoms with E-state index in [1.165, 1.54) is 5.56 Å². The van der Waals surface area contributed by atoms with Gasteiger partial charge < -0.3 is 14.8 Å². The molecule has 3 nitrogen and oxygen atoms in total. The van der Waals surface area contributed by atoms with Gasteiger partial charge in [-0.05, 0) is 6.07 Å². The van der Waals surface area contributed by atoms with Gasteiger partial charge in [-0.25, -0.2) is 0 Å². The minimum absolute atomic E-state index is 0.000558. The molecule has 0 heterocycles. The minimum Gasteiger partial charge on any atom is -0.497 e. The Morgan fingerprint density at radius 3 is 2.50 bits per heavy atom. The summed E-state index contributed by atoms with van der Waals surface area (Å²) in [6, 6.07) is 5.97. The van der Waals surface area contributed by atoms with Crippen LogP contribution in [0.15, 0.2) is 18.2 Å². The van der Waals surface area contributed by atoms with Crippen LogP contribution in [0.2, 0.25) is 0 Å². The Kier molecular flexibility index (Phi) is 5.82. The molecule has 0 amide bonds. The monoisotopic (exact) mass is 269 g/mol. The predicted octanol–water partition coefficient (Wildman–Crippen LogP) is 2.50. The molecule has 18 heavy (non-hydrogen) atoms. The average molecular weight is 269 g/mol. The first-order valence-electron chi connectivity index (χ1n) is 6.09. The second-order valence-electron chi connectivity index (χ2n) is 4.85. The van der Waals surface area contributed by atoms with Crippen LogP contribution in [0.4, 0.5) is 0 Å². The SMILES string of the molecule is COc1ccc(C(C)(C)CNCCS)c(OC)c1. The summed E-state index contributed by atoms with van der Waals surface area (Å²) < 4.78 is 10.7. The Hall–Kier alpha value is -0.870. The molecule has 1 aromatic carbocycles. The molecule has 0 unspecified atom stereocenters. The summed E-state index contributed by atoms with van der Waals surface area (Å²) in [6.07, 6.45) is 0. The third-order valence-corrected chi connectivity index (χ3v) is 3.22. The molecular weight excluding hydrogens is 246 g/mol. The second kappa shape index (κ2) is 6.90. The molecule has 0 saturated heterocycles. The molecule has 0 radical (unpaired) electrons. The lowest BCUT2D eigenvalue weighted by atomic mass is 9.84. The molecule has 0 aromatic heterocycles.